The normalized spacial score (nSPS) is 10.7. The number of aryl methyl sites for hydroxylation is 1. The highest BCUT2D eigenvalue weighted by Gasteiger charge is 2.22. The first-order chi connectivity index (χ1) is 14.4. The van der Waals surface area contributed by atoms with Crippen molar-refractivity contribution in [1.29, 1.82) is 0 Å². The molecule has 4 aromatic rings. The van der Waals surface area contributed by atoms with Gasteiger partial charge in [-0.3, -0.25) is 24.7 Å². The summed E-state index contributed by atoms with van der Waals surface area (Å²) in [4.78, 5) is 42.1. The molecule has 0 saturated carbocycles. The first kappa shape index (κ1) is 18.8. The SMILES string of the molecule is Cc1cc(=O)[nH]c(-n2nc(-c3ccco3)cc2NC(=O)c2ccccc2[N+](=O)[O-])n1. The molecule has 11 nitrogen and oxygen atoms in total. The number of aromatic amines is 1. The average Bonchev–Trinajstić information content (AvgIpc) is 3.37. The van der Waals surface area contributed by atoms with Crippen LogP contribution in [-0.2, 0) is 0 Å². The van der Waals surface area contributed by atoms with Gasteiger partial charge in [-0.15, -0.1) is 0 Å². The summed E-state index contributed by atoms with van der Waals surface area (Å²) < 4.78 is 6.56. The van der Waals surface area contributed by atoms with Crippen LogP contribution in [0.5, 0.6) is 0 Å². The van der Waals surface area contributed by atoms with Crippen LogP contribution in [-0.4, -0.2) is 30.6 Å². The van der Waals surface area contributed by atoms with Crippen LogP contribution in [0.2, 0.25) is 0 Å². The number of carbonyl (C=O) groups excluding carboxylic acids is 1. The molecule has 1 amide bonds. The van der Waals surface area contributed by atoms with Crippen molar-refractivity contribution in [3.63, 3.8) is 0 Å². The molecule has 0 atom stereocenters. The maximum absolute atomic E-state index is 12.8. The van der Waals surface area contributed by atoms with E-state index in [1.807, 2.05) is 0 Å². The number of nitro groups is 1. The fourth-order valence-corrected chi connectivity index (χ4v) is 2.85. The van der Waals surface area contributed by atoms with Gasteiger partial charge in [0.15, 0.2) is 5.76 Å². The highest BCUT2D eigenvalue weighted by atomic mass is 16.6. The molecule has 11 heteroatoms. The van der Waals surface area contributed by atoms with E-state index in [0.717, 1.165) is 0 Å². The third-order valence-electron chi connectivity index (χ3n) is 4.13. The molecule has 30 heavy (non-hydrogen) atoms. The van der Waals surface area contributed by atoms with Gasteiger partial charge in [-0.05, 0) is 25.1 Å². The van der Waals surface area contributed by atoms with E-state index in [0.29, 0.717) is 17.1 Å². The van der Waals surface area contributed by atoms with Gasteiger partial charge in [-0.1, -0.05) is 12.1 Å². The first-order valence-electron chi connectivity index (χ1n) is 8.69. The molecule has 0 aliphatic heterocycles. The quantitative estimate of drug-likeness (QED) is 0.382. The van der Waals surface area contributed by atoms with Gasteiger partial charge in [0.25, 0.3) is 17.2 Å². The predicted octanol–water partition coefficient (Wildman–Crippen LogP) is 2.68. The Morgan fingerprint density at radius 1 is 1.23 bits per heavy atom. The van der Waals surface area contributed by atoms with Gasteiger partial charge in [-0.25, -0.2) is 4.98 Å². The number of rotatable bonds is 5. The molecule has 0 spiro atoms. The number of hydrogen-bond donors (Lipinski definition) is 2. The molecule has 0 aliphatic carbocycles. The van der Waals surface area contributed by atoms with Crippen LogP contribution in [0.4, 0.5) is 11.5 Å². The third-order valence-corrected chi connectivity index (χ3v) is 4.13. The number of anilines is 1. The summed E-state index contributed by atoms with van der Waals surface area (Å²) in [5, 5.41) is 18.2. The van der Waals surface area contributed by atoms with Gasteiger partial charge in [0, 0.05) is 23.9 Å². The van der Waals surface area contributed by atoms with Crippen LogP contribution >= 0.6 is 0 Å². The number of nitrogens with zero attached hydrogens (tertiary/aromatic N) is 4. The number of benzene rings is 1. The minimum absolute atomic E-state index is 0.0654. The summed E-state index contributed by atoms with van der Waals surface area (Å²) in [7, 11) is 0. The molecular weight excluding hydrogens is 392 g/mol. The maximum Gasteiger partial charge on any atom is 0.282 e. The Morgan fingerprint density at radius 2 is 2.03 bits per heavy atom. The maximum atomic E-state index is 12.8. The second-order valence-corrected chi connectivity index (χ2v) is 6.24. The topological polar surface area (TPSA) is 149 Å². The number of H-pyrrole nitrogens is 1. The third kappa shape index (κ3) is 3.58. The number of para-hydroxylation sites is 1. The lowest BCUT2D eigenvalue weighted by molar-refractivity contribution is -0.385. The molecule has 0 aliphatic rings. The van der Waals surface area contributed by atoms with Crippen molar-refractivity contribution in [2.75, 3.05) is 5.32 Å². The Hall–Kier alpha value is -4.54. The summed E-state index contributed by atoms with van der Waals surface area (Å²) in [6, 6.07) is 11.7. The van der Waals surface area contributed by atoms with Crippen molar-refractivity contribution >= 4 is 17.4 Å². The molecule has 150 valence electrons. The summed E-state index contributed by atoms with van der Waals surface area (Å²) in [5.74, 6) is -0.0941. The Balaban J connectivity index is 1.80. The van der Waals surface area contributed by atoms with Crippen LogP contribution in [0.1, 0.15) is 16.1 Å². The molecule has 0 saturated heterocycles. The molecule has 2 N–H and O–H groups in total. The minimum Gasteiger partial charge on any atom is -0.463 e. The lowest BCUT2D eigenvalue weighted by atomic mass is 10.1. The summed E-state index contributed by atoms with van der Waals surface area (Å²) in [5.41, 5.74) is -0.0554. The number of hydrogen-bond acceptors (Lipinski definition) is 7. The number of furan rings is 1. The summed E-state index contributed by atoms with van der Waals surface area (Å²) >= 11 is 0. The molecule has 4 rings (SSSR count). The van der Waals surface area contributed by atoms with E-state index in [2.05, 4.69) is 20.4 Å². The van der Waals surface area contributed by atoms with Gasteiger partial charge in [0.1, 0.15) is 17.1 Å². The van der Waals surface area contributed by atoms with Gasteiger partial charge >= 0.3 is 0 Å². The molecule has 3 heterocycles. The van der Waals surface area contributed by atoms with Crippen molar-refractivity contribution in [2.45, 2.75) is 6.92 Å². The van der Waals surface area contributed by atoms with Crippen molar-refractivity contribution < 1.29 is 14.1 Å². The minimum atomic E-state index is -0.718. The van der Waals surface area contributed by atoms with Crippen LogP contribution in [0, 0.1) is 17.0 Å². The van der Waals surface area contributed by atoms with Crippen molar-refractivity contribution in [1.82, 2.24) is 19.7 Å². The number of nitro benzene ring substituents is 1. The first-order valence-corrected chi connectivity index (χ1v) is 8.69. The molecule has 0 radical (unpaired) electrons. The van der Waals surface area contributed by atoms with Crippen LogP contribution in [0.3, 0.4) is 0 Å². The Labute approximate surface area is 168 Å². The van der Waals surface area contributed by atoms with E-state index in [1.54, 1.807) is 19.1 Å². The Bertz CT molecular complexity index is 1310. The number of carbonyl (C=O) groups is 1. The van der Waals surface area contributed by atoms with Crippen LogP contribution < -0.4 is 10.9 Å². The van der Waals surface area contributed by atoms with Crippen molar-refractivity contribution in [2.24, 2.45) is 0 Å². The zero-order valence-corrected chi connectivity index (χ0v) is 15.5. The van der Waals surface area contributed by atoms with Crippen molar-refractivity contribution in [3.05, 3.63) is 86.5 Å². The molecular formula is C19H14N6O5. The van der Waals surface area contributed by atoms with Gasteiger partial charge in [0.05, 0.1) is 11.2 Å². The van der Waals surface area contributed by atoms with E-state index in [1.165, 1.54) is 47.3 Å². The van der Waals surface area contributed by atoms with Crippen LogP contribution in [0.15, 0.2) is 64.0 Å². The van der Waals surface area contributed by atoms with Crippen molar-refractivity contribution in [3.8, 4) is 17.4 Å². The second kappa shape index (κ2) is 7.47. The number of nitrogens with one attached hydrogen (secondary N) is 2. The van der Waals surface area contributed by atoms with E-state index >= 15 is 0 Å². The smallest absolute Gasteiger partial charge is 0.282 e. The largest absolute Gasteiger partial charge is 0.463 e. The Kier molecular flexibility index (Phi) is 4.68. The highest BCUT2D eigenvalue weighted by molar-refractivity contribution is 6.06. The van der Waals surface area contributed by atoms with E-state index in [4.69, 9.17) is 4.42 Å². The second-order valence-electron chi connectivity index (χ2n) is 6.24. The summed E-state index contributed by atoms with van der Waals surface area (Å²) in [6.45, 7) is 1.64. The molecule has 1 aromatic carbocycles. The standard InChI is InChI=1S/C19H14N6O5/c1-11-9-17(26)22-19(20-11)24-16(10-13(23-24)15-7-4-8-30-15)21-18(27)12-5-2-3-6-14(12)25(28)29/h2-10H,1H3,(H,21,27)(H,20,22,26). The molecule has 0 bridgehead atoms. The number of amides is 1. The van der Waals surface area contributed by atoms with Crippen LogP contribution in [0.25, 0.3) is 17.4 Å². The fraction of sp³-hybridized carbons (Fsp3) is 0.0526. The lowest BCUT2D eigenvalue weighted by Crippen LogP contribution is -2.19. The average molecular weight is 406 g/mol. The monoisotopic (exact) mass is 406 g/mol. The van der Waals surface area contributed by atoms with Gasteiger partial charge in [0.2, 0.25) is 5.95 Å². The van der Waals surface area contributed by atoms with E-state index < -0.39 is 16.4 Å². The molecule has 0 fully saturated rings. The zero-order chi connectivity index (χ0) is 21.3. The summed E-state index contributed by atoms with van der Waals surface area (Å²) in [6.07, 6.45) is 1.47. The predicted molar refractivity (Wildman–Crippen MR) is 105 cm³/mol. The Morgan fingerprint density at radius 3 is 2.73 bits per heavy atom. The highest BCUT2D eigenvalue weighted by Crippen LogP contribution is 2.25. The van der Waals surface area contributed by atoms with Gasteiger partial charge < -0.3 is 9.73 Å². The fourth-order valence-electron chi connectivity index (χ4n) is 2.85. The van der Waals surface area contributed by atoms with E-state index in [-0.39, 0.29) is 23.0 Å². The lowest BCUT2D eigenvalue weighted by Gasteiger charge is -2.08. The van der Waals surface area contributed by atoms with Gasteiger partial charge in [-0.2, -0.15) is 9.78 Å². The molecule has 0 unspecified atom stereocenters. The zero-order valence-electron chi connectivity index (χ0n) is 15.5. The number of aromatic nitrogens is 4. The van der Waals surface area contributed by atoms with E-state index in [9.17, 15) is 19.7 Å². The molecule has 3 aromatic heterocycles.